The number of phenols is 2. The smallest absolute Gasteiger partial charge is 0.200 e. The number of hydrogen-bond donors (Lipinski definition) is 2. The van der Waals surface area contributed by atoms with E-state index >= 15 is 0 Å². The van der Waals surface area contributed by atoms with Crippen molar-refractivity contribution in [3.63, 3.8) is 0 Å². The molecule has 0 aliphatic rings. The molecule has 2 aromatic carbocycles. The van der Waals surface area contributed by atoms with Gasteiger partial charge in [0.25, 0.3) is 0 Å². The van der Waals surface area contributed by atoms with Crippen LogP contribution in [0.1, 0.15) is 15.9 Å². The number of ketones is 1. The Morgan fingerprint density at radius 3 is 1.50 bits per heavy atom. The zero-order valence-corrected chi connectivity index (χ0v) is 9.98. The number of carbonyl (C=O) groups is 1. The van der Waals surface area contributed by atoms with E-state index in [2.05, 4.69) is 10.4 Å². The Morgan fingerprint density at radius 1 is 0.800 bits per heavy atom. The van der Waals surface area contributed by atoms with Crippen molar-refractivity contribution in [3.8, 4) is 11.5 Å². The molecule has 0 aromatic heterocycles. The van der Waals surface area contributed by atoms with Crippen molar-refractivity contribution in [1.82, 2.24) is 0 Å². The van der Waals surface area contributed by atoms with Crippen molar-refractivity contribution in [2.45, 2.75) is 0 Å². The predicted molar refractivity (Wildman–Crippen MR) is 70.6 cm³/mol. The van der Waals surface area contributed by atoms with E-state index in [9.17, 15) is 24.8 Å². The lowest BCUT2D eigenvalue weighted by Gasteiger charge is -2.06. The number of aromatic hydroxyl groups is 2. The lowest BCUT2D eigenvalue weighted by atomic mass is 10.0. The number of hydrogen-bond acceptors (Lipinski definition) is 7. The number of nitroso groups, excluding NO2 is 2. The highest BCUT2D eigenvalue weighted by Gasteiger charge is 2.18. The Labute approximate surface area is 112 Å². The van der Waals surface area contributed by atoms with Gasteiger partial charge in [0.1, 0.15) is 22.9 Å². The molecule has 0 fully saturated rings. The molecule has 7 heteroatoms. The molecule has 2 N–H and O–H groups in total. The van der Waals surface area contributed by atoms with Crippen LogP contribution in [-0.4, -0.2) is 16.0 Å². The third-order valence-electron chi connectivity index (χ3n) is 2.66. The van der Waals surface area contributed by atoms with Crippen molar-refractivity contribution >= 4 is 17.2 Å². The summed E-state index contributed by atoms with van der Waals surface area (Å²) >= 11 is 0. The molecule has 0 amide bonds. The Bertz CT molecular complexity index is 652. The van der Waals surface area contributed by atoms with Crippen molar-refractivity contribution in [3.05, 3.63) is 57.3 Å². The maximum Gasteiger partial charge on any atom is 0.200 e. The van der Waals surface area contributed by atoms with Gasteiger partial charge in [-0.2, -0.15) is 0 Å². The highest BCUT2D eigenvalue weighted by molar-refractivity contribution is 6.12. The average Bonchev–Trinajstić information content (AvgIpc) is 2.46. The van der Waals surface area contributed by atoms with Crippen LogP contribution in [0.25, 0.3) is 0 Å². The van der Waals surface area contributed by atoms with E-state index in [-0.39, 0.29) is 22.5 Å². The molecule has 0 saturated heterocycles. The van der Waals surface area contributed by atoms with E-state index in [1.807, 2.05) is 0 Å². The normalized spacial score (nSPS) is 10.0. The molecule has 0 radical (unpaired) electrons. The SMILES string of the molecule is O=Nc1ccc(C(=O)c2ccc(N=O)cc2O)c(O)c1. The largest absolute Gasteiger partial charge is 0.507 e. The first-order valence-electron chi connectivity index (χ1n) is 5.44. The van der Waals surface area contributed by atoms with Crippen LogP contribution in [0.3, 0.4) is 0 Å². The topological polar surface area (TPSA) is 116 Å². The van der Waals surface area contributed by atoms with Crippen molar-refractivity contribution in [2.75, 3.05) is 0 Å². The van der Waals surface area contributed by atoms with Gasteiger partial charge in [0.05, 0.1) is 11.1 Å². The van der Waals surface area contributed by atoms with Gasteiger partial charge >= 0.3 is 0 Å². The van der Waals surface area contributed by atoms with Crippen molar-refractivity contribution < 1.29 is 15.0 Å². The molecule has 2 rings (SSSR count). The third-order valence-corrected chi connectivity index (χ3v) is 2.66. The van der Waals surface area contributed by atoms with Crippen molar-refractivity contribution in [2.24, 2.45) is 10.4 Å². The Morgan fingerprint density at radius 2 is 1.20 bits per heavy atom. The fraction of sp³-hybridized carbons (Fsp3) is 0. The lowest BCUT2D eigenvalue weighted by molar-refractivity contribution is 0.103. The number of nitrogens with zero attached hydrogens (tertiary/aromatic N) is 2. The van der Waals surface area contributed by atoms with E-state index in [0.717, 1.165) is 12.1 Å². The number of phenolic OH excluding ortho intramolecular Hbond substituents is 2. The Kier molecular flexibility index (Phi) is 3.52. The fourth-order valence-electron chi connectivity index (χ4n) is 1.68. The van der Waals surface area contributed by atoms with Crippen LogP contribution in [0.4, 0.5) is 11.4 Å². The van der Waals surface area contributed by atoms with E-state index in [1.165, 1.54) is 24.3 Å². The summed E-state index contributed by atoms with van der Waals surface area (Å²) in [5.74, 6) is -1.51. The molecule has 0 atom stereocenters. The van der Waals surface area contributed by atoms with Gasteiger partial charge in [-0.25, -0.2) is 0 Å². The molecule has 20 heavy (non-hydrogen) atoms. The second-order valence-corrected chi connectivity index (χ2v) is 3.91. The summed E-state index contributed by atoms with van der Waals surface area (Å²) in [6.45, 7) is 0. The first-order valence-corrected chi connectivity index (χ1v) is 5.44. The summed E-state index contributed by atoms with van der Waals surface area (Å²) in [4.78, 5) is 32.8. The van der Waals surface area contributed by atoms with Crippen molar-refractivity contribution in [1.29, 1.82) is 0 Å². The third kappa shape index (κ3) is 2.37. The summed E-state index contributed by atoms with van der Waals surface area (Å²) in [7, 11) is 0. The molecule has 0 spiro atoms. The molecule has 2 aromatic rings. The quantitative estimate of drug-likeness (QED) is 0.655. The summed E-state index contributed by atoms with van der Waals surface area (Å²) in [5, 5.41) is 24.6. The first kappa shape index (κ1) is 13.3. The lowest BCUT2D eigenvalue weighted by Crippen LogP contribution is -2.01. The van der Waals surface area contributed by atoms with Gasteiger partial charge in [-0.3, -0.25) is 4.79 Å². The maximum atomic E-state index is 12.1. The van der Waals surface area contributed by atoms with Gasteiger partial charge in [-0.15, -0.1) is 9.81 Å². The van der Waals surface area contributed by atoms with Crippen LogP contribution in [-0.2, 0) is 0 Å². The standard InChI is InChI=1S/C13H8N2O5/c16-11-5-7(14-19)1-3-9(11)13(18)10-4-2-8(15-20)6-12(10)17/h1-6,16-17H. The van der Waals surface area contributed by atoms with Crippen LogP contribution in [0.5, 0.6) is 11.5 Å². The average molecular weight is 272 g/mol. The molecule has 0 aliphatic heterocycles. The maximum absolute atomic E-state index is 12.1. The molecule has 100 valence electrons. The molecule has 0 bridgehead atoms. The van der Waals surface area contributed by atoms with Gasteiger partial charge in [-0.1, -0.05) is 0 Å². The fourth-order valence-corrected chi connectivity index (χ4v) is 1.68. The van der Waals surface area contributed by atoms with Crippen LogP contribution >= 0.6 is 0 Å². The van der Waals surface area contributed by atoms with Gasteiger partial charge in [0.15, 0.2) is 5.78 Å². The molecule has 0 unspecified atom stereocenters. The van der Waals surface area contributed by atoms with Crippen LogP contribution in [0.15, 0.2) is 46.8 Å². The zero-order chi connectivity index (χ0) is 14.7. The molecular formula is C13H8N2O5. The minimum Gasteiger partial charge on any atom is -0.507 e. The number of carbonyl (C=O) groups excluding carboxylic acids is 1. The van der Waals surface area contributed by atoms with Gasteiger partial charge in [-0.05, 0) is 34.6 Å². The van der Waals surface area contributed by atoms with Gasteiger partial charge in [0.2, 0.25) is 0 Å². The summed E-state index contributed by atoms with van der Waals surface area (Å²) in [6.07, 6.45) is 0. The van der Waals surface area contributed by atoms with Crippen LogP contribution < -0.4 is 0 Å². The molecule has 0 saturated carbocycles. The van der Waals surface area contributed by atoms with E-state index in [1.54, 1.807) is 0 Å². The minimum atomic E-state index is -0.658. The van der Waals surface area contributed by atoms with Gasteiger partial charge in [0, 0.05) is 12.1 Å². The minimum absolute atomic E-state index is 0.0243. The number of rotatable bonds is 4. The van der Waals surface area contributed by atoms with E-state index in [0.29, 0.717) is 0 Å². The summed E-state index contributed by atoms with van der Waals surface area (Å²) in [6, 6.07) is 7.05. The second kappa shape index (κ2) is 5.27. The highest BCUT2D eigenvalue weighted by atomic mass is 16.3. The molecule has 0 heterocycles. The Balaban J connectivity index is 2.46. The molecular weight excluding hydrogens is 264 g/mol. The summed E-state index contributed by atoms with van der Waals surface area (Å²) in [5.41, 5.74) is -0.244. The van der Waals surface area contributed by atoms with Gasteiger partial charge < -0.3 is 10.2 Å². The predicted octanol–water partition coefficient (Wildman–Crippen LogP) is 3.12. The molecule has 7 nitrogen and oxygen atoms in total. The number of benzene rings is 2. The van der Waals surface area contributed by atoms with E-state index < -0.39 is 17.3 Å². The zero-order valence-electron chi connectivity index (χ0n) is 9.98. The van der Waals surface area contributed by atoms with E-state index in [4.69, 9.17) is 0 Å². The first-order chi connectivity index (χ1) is 9.56. The summed E-state index contributed by atoms with van der Waals surface area (Å²) < 4.78 is 0. The Hall–Kier alpha value is -3.09. The van der Waals surface area contributed by atoms with Crippen LogP contribution in [0, 0.1) is 9.81 Å². The second-order valence-electron chi connectivity index (χ2n) is 3.91. The van der Waals surface area contributed by atoms with Crippen LogP contribution in [0.2, 0.25) is 0 Å². The monoisotopic (exact) mass is 272 g/mol. The molecule has 0 aliphatic carbocycles. The highest BCUT2D eigenvalue weighted by Crippen LogP contribution is 2.30.